The van der Waals surface area contributed by atoms with E-state index in [1.54, 1.807) is 22.7 Å². The summed E-state index contributed by atoms with van der Waals surface area (Å²) >= 11 is 3.57. The molecule has 0 spiro atoms. The van der Waals surface area contributed by atoms with Crippen LogP contribution in [0.25, 0.3) is 9.75 Å². The molecule has 1 N–H and O–H groups in total. The van der Waals surface area contributed by atoms with E-state index in [2.05, 4.69) is 49.4 Å². The molecule has 2 atom stereocenters. The Hall–Kier alpha value is -0.900. The summed E-state index contributed by atoms with van der Waals surface area (Å²) in [6.45, 7) is 8.36. The van der Waals surface area contributed by atoms with Crippen LogP contribution in [0.1, 0.15) is 103 Å². The quantitative estimate of drug-likeness (QED) is 0.189. The monoisotopic (exact) mass is 446 g/mol. The second kappa shape index (κ2) is 14.2. The number of aliphatic hydroxyl groups is 1. The maximum absolute atomic E-state index is 12.0. The molecule has 0 aliphatic carbocycles. The lowest BCUT2D eigenvalue weighted by molar-refractivity contribution is -0.00121. The van der Waals surface area contributed by atoms with Crippen LogP contribution in [0.4, 0.5) is 0 Å². The molecule has 3 heteroatoms. The predicted octanol–water partition coefficient (Wildman–Crippen LogP) is 9.58. The van der Waals surface area contributed by atoms with Crippen LogP contribution in [0.5, 0.6) is 0 Å². The summed E-state index contributed by atoms with van der Waals surface area (Å²) in [6, 6.07) is 6.50. The molecule has 1 nitrogen and oxygen atoms in total. The van der Waals surface area contributed by atoms with Crippen LogP contribution in [0.15, 0.2) is 41.6 Å². The predicted molar refractivity (Wildman–Crippen MR) is 137 cm³/mol. The Morgan fingerprint density at radius 2 is 1.77 bits per heavy atom. The van der Waals surface area contributed by atoms with Crippen molar-refractivity contribution in [3.05, 3.63) is 47.2 Å². The van der Waals surface area contributed by atoms with Crippen molar-refractivity contribution in [3.63, 3.8) is 0 Å². The van der Waals surface area contributed by atoms with E-state index in [1.807, 2.05) is 6.08 Å². The van der Waals surface area contributed by atoms with Crippen molar-refractivity contribution in [2.75, 3.05) is 0 Å². The Morgan fingerprint density at radius 3 is 2.43 bits per heavy atom. The fraction of sp³-hybridized carbons (Fsp3) is 0.630. The highest BCUT2D eigenvalue weighted by Crippen LogP contribution is 2.44. The first kappa shape index (κ1) is 25.4. The Kier molecular flexibility index (Phi) is 12.0. The van der Waals surface area contributed by atoms with Gasteiger partial charge in [-0.2, -0.15) is 0 Å². The highest BCUT2D eigenvalue weighted by molar-refractivity contribution is 7.20. The van der Waals surface area contributed by atoms with Crippen molar-refractivity contribution in [3.8, 4) is 9.75 Å². The van der Waals surface area contributed by atoms with Gasteiger partial charge in [0.2, 0.25) is 0 Å². The molecular weight excluding hydrogens is 404 g/mol. The van der Waals surface area contributed by atoms with E-state index in [9.17, 15) is 5.11 Å². The van der Waals surface area contributed by atoms with Crippen LogP contribution >= 0.6 is 22.7 Å². The van der Waals surface area contributed by atoms with Crippen molar-refractivity contribution in [1.29, 1.82) is 0 Å². The molecule has 0 amide bonds. The molecule has 2 aromatic rings. The molecule has 0 saturated heterocycles. The minimum Gasteiger partial charge on any atom is -0.385 e. The van der Waals surface area contributed by atoms with E-state index in [-0.39, 0.29) is 0 Å². The molecule has 0 fully saturated rings. The summed E-state index contributed by atoms with van der Waals surface area (Å²) in [4.78, 5) is 2.57. The van der Waals surface area contributed by atoms with Gasteiger partial charge in [-0.15, -0.1) is 29.3 Å². The van der Waals surface area contributed by atoms with Crippen molar-refractivity contribution in [2.45, 2.75) is 103 Å². The van der Waals surface area contributed by atoms with Gasteiger partial charge in [-0.3, -0.25) is 0 Å². The van der Waals surface area contributed by atoms with Crippen molar-refractivity contribution >= 4 is 22.7 Å². The highest BCUT2D eigenvalue weighted by Gasteiger charge is 2.34. The number of hydrogen-bond acceptors (Lipinski definition) is 3. The lowest BCUT2D eigenvalue weighted by Gasteiger charge is -2.33. The summed E-state index contributed by atoms with van der Waals surface area (Å²) in [5, 5.41) is 16.3. The molecule has 0 bridgehead atoms. The number of unbranched alkanes of at least 4 members (excludes halogenated alkanes) is 7. The van der Waals surface area contributed by atoms with Crippen LogP contribution in [-0.4, -0.2) is 5.11 Å². The normalized spacial score (nSPS) is 14.5. The van der Waals surface area contributed by atoms with Crippen LogP contribution in [0.3, 0.4) is 0 Å². The average Bonchev–Trinajstić information content (AvgIpc) is 3.44. The fourth-order valence-electron chi connectivity index (χ4n) is 4.46. The molecule has 2 rings (SSSR count). The van der Waals surface area contributed by atoms with Gasteiger partial charge in [0.25, 0.3) is 0 Å². The maximum Gasteiger partial charge on any atom is 0.0913 e. The molecule has 0 aliphatic rings. The SMILES string of the molecule is C=CCCCCCCCCC(O)(CC(CC)CCCC)c1ccsc1-c1cccs1. The van der Waals surface area contributed by atoms with Gasteiger partial charge >= 0.3 is 0 Å². The number of allylic oxidation sites excluding steroid dienone is 1. The molecule has 2 unspecified atom stereocenters. The van der Waals surface area contributed by atoms with E-state index in [0.29, 0.717) is 5.92 Å². The third-order valence-electron chi connectivity index (χ3n) is 6.33. The number of thiophene rings is 2. The average molecular weight is 447 g/mol. The second-order valence-electron chi connectivity index (χ2n) is 8.74. The van der Waals surface area contributed by atoms with E-state index >= 15 is 0 Å². The first-order valence-electron chi connectivity index (χ1n) is 12.1. The summed E-state index contributed by atoms with van der Waals surface area (Å²) in [5.74, 6) is 0.602. The Labute approximate surface area is 193 Å². The van der Waals surface area contributed by atoms with Gasteiger partial charge in [0.15, 0.2) is 0 Å². The van der Waals surface area contributed by atoms with Gasteiger partial charge in [-0.25, -0.2) is 0 Å². The Bertz CT molecular complexity index is 688. The number of rotatable bonds is 17. The van der Waals surface area contributed by atoms with Crippen molar-refractivity contribution in [1.82, 2.24) is 0 Å². The largest absolute Gasteiger partial charge is 0.385 e. The van der Waals surface area contributed by atoms with E-state index in [4.69, 9.17) is 0 Å². The first-order valence-corrected chi connectivity index (χ1v) is 13.9. The molecule has 2 aromatic heterocycles. The van der Waals surface area contributed by atoms with Crippen LogP contribution in [0, 0.1) is 5.92 Å². The molecule has 168 valence electrons. The van der Waals surface area contributed by atoms with Crippen molar-refractivity contribution < 1.29 is 5.11 Å². The van der Waals surface area contributed by atoms with Gasteiger partial charge in [0.1, 0.15) is 0 Å². The highest BCUT2D eigenvalue weighted by atomic mass is 32.1. The Morgan fingerprint density at radius 1 is 1.00 bits per heavy atom. The molecule has 0 aromatic carbocycles. The minimum absolute atomic E-state index is 0.602. The molecule has 2 heterocycles. The smallest absolute Gasteiger partial charge is 0.0913 e. The van der Waals surface area contributed by atoms with Gasteiger partial charge in [-0.05, 0) is 54.5 Å². The van der Waals surface area contributed by atoms with Crippen molar-refractivity contribution in [2.24, 2.45) is 5.92 Å². The standard InChI is InChI=1S/C27H42OS2/c1-4-7-9-10-11-12-13-14-19-27(28,22-23(6-3)16-8-5-2)24-18-21-30-26(24)25-17-15-20-29-25/h4,15,17-18,20-21,23,28H,1,5-14,16,19,22H2,2-3H3. The third kappa shape index (κ3) is 7.98. The number of hydrogen-bond donors (Lipinski definition) is 1. The fourth-order valence-corrected chi connectivity index (χ4v) is 6.33. The molecule has 0 radical (unpaired) electrons. The van der Waals surface area contributed by atoms with Crippen LogP contribution in [0.2, 0.25) is 0 Å². The van der Waals surface area contributed by atoms with E-state index in [0.717, 1.165) is 32.1 Å². The molecule has 0 aliphatic heterocycles. The lowest BCUT2D eigenvalue weighted by atomic mass is 9.78. The van der Waals surface area contributed by atoms with E-state index < -0.39 is 5.60 Å². The molecular formula is C27H42OS2. The summed E-state index contributed by atoms with van der Waals surface area (Å²) in [5.41, 5.74) is 0.479. The topological polar surface area (TPSA) is 20.2 Å². The van der Waals surface area contributed by atoms with Gasteiger partial charge in [0.05, 0.1) is 10.5 Å². The Balaban J connectivity index is 2.05. The van der Waals surface area contributed by atoms with E-state index in [1.165, 1.54) is 66.7 Å². The lowest BCUT2D eigenvalue weighted by Crippen LogP contribution is -2.29. The first-order chi connectivity index (χ1) is 14.6. The maximum atomic E-state index is 12.0. The van der Waals surface area contributed by atoms with Gasteiger partial charge in [0, 0.05) is 10.4 Å². The zero-order valence-electron chi connectivity index (χ0n) is 19.2. The summed E-state index contributed by atoms with van der Waals surface area (Å²) in [7, 11) is 0. The van der Waals surface area contributed by atoms with Gasteiger partial charge < -0.3 is 5.11 Å². The third-order valence-corrected chi connectivity index (χ3v) is 8.29. The van der Waals surface area contributed by atoms with Crippen LogP contribution in [-0.2, 0) is 5.60 Å². The van der Waals surface area contributed by atoms with Crippen LogP contribution < -0.4 is 0 Å². The molecule has 30 heavy (non-hydrogen) atoms. The minimum atomic E-state index is -0.698. The zero-order chi connectivity index (χ0) is 21.7. The second-order valence-corrected chi connectivity index (χ2v) is 10.6. The van der Waals surface area contributed by atoms with Gasteiger partial charge in [-0.1, -0.05) is 83.8 Å². The zero-order valence-corrected chi connectivity index (χ0v) is 20.8. The molecule has 0 saturated carbocycles. The summed E-state index contributed by atoms with van der Waals surface area (Å²) < 4.78 is 0. The summed E-state index contributed by atoms with van der Waals surface area (Å²) in [6.07, 6.45) is 17.3.